The Balaban J connectivity index is 1.40. The molecule has 37 heavy (non-hydrogen) atoms. The quantitative estimate of drug-likeness (QED) is 0.397. The average Bonchev–Trinajstić information content (AvgIpc) is 3.42. The van der Waals surface area contributed by atoms with E-state index in [1.165, 1.54) is 27.9 Å². The molecule has 9 nitrogen and oxygen atoms in total. The van der Waals surface area contributed by atoms with Gasteiger partial charge in [-0.25, -0.2) is 9.78 Å². The van der Waals surface area contributed by atoms with Gasteiger partial charge in [-0.3, -0.25) is 4.79 Å². The molecule has 4 heterocycles. The highest BCUT2D eigenvalue weighted by atomic mass is 32.1. The second-order valence-corrected chi connectivity index (χ2v) is 11.4. The van der Waals surface area contributed by atoms with E-state index in [9.17, 15) is 9.59 Å². The van der Waals surface area contributed by atoms with Gasteiger partial charge in [0.1, 0.15) is 22.2 Å². The van der Waals surface area contributed by atoms with E-state index in [4.69, 9.17) is 20.2 Å². The van der Waals surface area contributed by atoms with Crippen molar-refractivity contribution in [3.05, 3.63) is 34.7 Å². The number of hydrogen-bond donors (Lipinski definition) is 1. The lowest BCUT2D eigenvalue weighted by Crippen LogP contribution is -2.44. The molecule has 1 atom stereocenters. The van der Waals surface area contributed by atoms with E-state index < -0.39 is 6.09 Å². The summed E-state index contributed by atoms with van der Waals surface area (Å²) in [6.45, 7) is 4.05. The molecule has 1 aromatic carbocycles. The molecule has 1 saturated heterocycles. The maximum Gasteiger partial charge on any atom is 0.404 e. The first-order valence-electron chi connectivity index (χ1n) is 12.7. The van der Waals surface area contributed by atoms with Crippen molar-refractivity contribution in [1.29, 1.82) is 0 Å². The molecule has 3 aromatic heterocycles. The molecule has 2 amide bonds. The van der Waals surface area contributed by atoms with Gasteiger partial charge in [0.25, 0.3) is 5.91 Å². The number of nitrogens with zero attached hydrogens (tertiary/aromatic N) is 4. The van der Waals surface area contributed by atoms with Crippen LogP contribution in [0.15, 0.2) is 24.3 Å². The van der Waals surface area contributed by atoms with E-state index in [0.717, 1.165) is 35.9 Å². The summed E-state index contributed by atoms with van der Waals surface area (Å²) in [6, 6.07) is 8.08. The Morgan fingerprint density at radius 2 is 2.00 bits per heavy atom. The fourth-order valence-corrected chi connectivity index (χ4v) is 6.49. The number of hydrogen-bond acceptors (Lipinski definition) is 6. The first-order chi connectivity index (χ1) is 17.8. The van der Waals surface area contributed by atoms with Crippen LogP contribution in [0.5, 0.6) is 5.75 Å². The number of imidazole rings is 1. The highest BCUT2D eigenvalue weighted by molar-refractivity contribution is 7.18. The minimum Gasteiger partial charge on any atom is -0.494 e. The summed E-state index contributed by atoms with van der Waals surface area (Å²) in [5.41, 5.74) is 8.34. The zero-order valence-corrected chi connectivity index (χ0v) is 22.1. The van der Waals surface area contributed by atoms with E-state index >= 15 is 0 Å². The van der Waals surface area contributed by atoms with Crippen molar-refractivity contribution in [1.82, 2.24) is 19.0 Å². The van der Waals surface area contributed by atoms with Crippen molar-refractivity contribution in [2.45, 2.75) is 45.3 Å². The standard InChI is InChI=1S/C27H31N5O4S/c1-15-9-18-11-21(32(26(18)37-15)13-16-6-7-16)24-29-20-10-17(12-22(35-3)23(20)30(24)2)25(33)31-8-4-5-19(14-31)36-27(28)34/h9-12,16,19H,4-8,13-14H2,1-3H3,(H2,28,34)/t19-/m1/s1. The van der Waals surface area contributed by atoms with Crippen LogP contribution in [0.2, 0.25) is 0 Å². The fourth-order valence-electron chi connectivity index (χ4n) is 5.48. The Bertz CT molecular complexity index is 1530. The Hall–Kier alpha value is -3.53. The van der Waals surface area contributed by atoms with Crippen molar-refractivity contribution in [2.75, 3.05) is 20.2 Å². The summed E-state index contributed by atoms with van der Waals surface area (Å²) in [4.78, 5) is 34.0. The van der Waals surface area contributed by atoms with Gasteiger partial charge >= 0.3 is 6.09 Å². The number of nitrogens with two attached hydrogens (primary N) is 1. The average molecular weight is 522 g/mol. The number of primary amides is 1. The number of carbonyl (C=O) groups is 2. The zero-order chi connectivity index (χ0) is 25.8. The Morgan fingerprint density at radius 1 is 1.19 bits per heavy atom. The van der Waals surface area contributed by atoms with Crippen molar-refractivity contribution < 1.29 is 19.1 Å². The Labute approximate surface area is 218 Å². The summed E-state index contributed by atoms with van der Waals surface area (Å²) < 4.78 is 15.4. The Morgan fingerprint density at radius 3 is 2.73 bits per heavy atom. The largest absolute Gasteiger partial charge is 0.494 e. The van der Waals surface area contributed by atoms with Gasteiger partial charge in [-0.15, -0.1) is 11.3 Å². The van der Waals surface area contributed by atoms with Crippen LogP contribution in [0.4, 0.5) is 4.79 Å². The molecule has 10 heteroatoms. The van der Waals surface area contributed by atoms with E-state index in [1.54, 1.807) is 18.1 Å². The first kappa shape index (κ1) is 23.8. The molecule has 0 unspecified atom stereocenters. The van der Waals surface area contributed by atoms with Crippen molar-refractivity contribution in [2.24, 2.45) is 18.7 Å². The summed E-state index contributed by atoms with van der Waals surface area (Å²) in [7, 11) is 3.61. The number of ether oxygens (including phenoxy) is 2. The highest BCUT2D eigenvalue weighted by Gasteiger charge is 2.29. The lowest BCUT2D eigenvalue weighted by Gasteiger charge is -2.32. The van der Waals surface area contributed by atoms with Gasteiger partial charge in [0, 0.05) is 36.0 Å². The second-order valence-electron chi connectivity index (χ2n) is 10.2. The molecule has 194 valence electrons. The zero-order valence-electron chi connectivity index (χ0n) is 21.3. The molecule has 4 aromatic rings. The molecule has 1 saturated carbocycles. The summed E-state index contributed by atoms with van der Waals surface area (Å²) >= 11 is 1.82. The third-order valence-electron chi connectivity index (χ3n) is 7.41. The minimum absolute atomic E-state index is 0.140. The van der Waals surface area contributed by atoms with Gasteiger partial charge in [0.2, 0.25) is 0 Å². The van der Waals surface area contributed by atoms with Crippen molar-refractivity contribution in [3.8, 4) is 17.3 Å². The summed E-state index contributed by atoms with van der Waals surface area (Å²) in [6.07, 6.45) is 2.77. The number of thiophene rings is 1. The molecular formula is C27H31N5O4S. The number of methoxy groups -OCH3 is 1. The van der Waals surface area contributed by atoms with Crippen molar-refractivity contribution >= 4 is 44.6 Å². The number of likely N-dealkylation sites (tertiary alicyclic amines) is 1. The first-order valence-corrected chi connectivity index (χ1v) is 13.5. The number of benzene rings is 1. The van der Waals surface area contributed by atoms with Crippen LogP contribution in [0.1, 0.15) is 40.9 Å². The van der Waals surface area contributed by atoms with Crippen LogP contribution in [0.3, 0.4) is 0 Å². The topological polar surface area (TPSA) is 105 Å². The molecule has 0 spiro atoms. The molecule has 0 bridgehead atoms. The van der Waals surface area contributed by atoms with E-state index in [1.807, 2.05) is 24.5 Å². The fraction of sp³-hybridized carbons (Fsp3) is 0.444. The van der Waals surface area contributed by atoms with Gasteiger partial charge in [-0.2, -0.15) is 0 Å². The van der Waals surface area contributed by atoms with Crippen LogP contribution >= 0.6 is 11.3 Å². The predicted molar refractivity (Wildman–Crippen MR) is 143 cm³/mol. The van der Waals surface area contributed by atoms with Crippen LogP contribution in [-0.4, -0.2) is 57.3 Å². The smallest absolute Gasteiger partial charge is 0.404 e. The molecule has 0 radical (unpaired) electrons. The normalized spacial score (nSPS) is 18.0. The molecule has 2 N–H and O–H groups in total. The number of rotatable bonds is 6. The number of amides is 2. The third kappa shape index (κ3) is 4.33. The van der Waals surface area contributed by atoms with Crippen LogP contribution < -0.4 is 10.5 Å². The summed E-state index contributed by atoms with van der Waals surface area (Å²) in [5.74, 6) is 2.03. The SMILES string of the molecule is COc1cc(C(=O)N2CCC[C@@H](OC(N)=O)C2)cc2nc(-c3cc4cc(C)sc4n3CC3CC3)n(C)c12. The highest BCUT2D eigenvalue weighted by Crippen LogP contribution is 2.40. The number of carbonyl (C=O) groups excluding carboxylic acids is 2. The van der Waals surface area contributed by atoms with Gasteiger partial charge in [0.05, 0.1) is 24.9 Å². The maximum absolute atomic E-state index is 13.5. The monoisotopic (exact) mass is 521 g/mol. The van der Waals surface area contributed by atoms with Crippen LogP contribution in [0.25, 0.3) is 32.8 Å². The molecule has 1 aliphatic carbocycles. The molecule has 2 fully saturated rings. The number of piperidine rings is 1. The van der Waals surface area contributed by atoms with Gasteiger partial charge in [0.15, 0.2) is 5.82 Å². The number of fused-ring (bicyclic) bond motifs is 2. The number of aromatic nitrogens is 3. The second kappa shape index (κ2) is 9.09. The van der Waals surface area contributed by atoms with Crippen molar-refractivity contribution in [3.63, 3.8) is 0 Å². The predicted octanol–water partition coefficient (Wildman–Crippen LogP) is 4.68. The van der Waals surface area contributed by atoms with Gasteiger partial charge in [-0.05, 0) is 62.8 Å². The summed E-state index contributed by atoms with van der Waals surface area (Å²) in [5, 5.41) is 1.24. The maximum atomic E-state index is 13.5. The lowest BCUT2D eigenvalue weighted by molar-refractivity contribution is 0.0373. The molecule has 2 aliphatic rings. The Kier molecular flexibility index (Phi) is 5.86. The van der Waals surface area contributed by atoms with E-state index in [0.29, 0.717) is 36.3 Å². The third-order valence-corrected chi connectivity index (χ3v) is 8.50. The van der Waals surface area contributed by atoms with Gasteiger partial charge < -0.3 is 29.2 Å². The lowest BCUT2D eigenvalue weighted by atomic mass is 10.1. The number of aryl methyl sites for hydroxylation is 2. The molecule has 1 aliphatic heterocycles. The molecule has 6 rings (SSSR count). The van der Waals surface area contributed by atoms with E-state index in [2.05, 4.69) is 28.2 Å². The molecular weight excluding hydrogens is 490 g/mol. The van der Waals surface area contributed by atoms with Gasteiger partial charge in [-0.1, -0.05) is 0 Å². The van der Waals surface area contributed by atoms with E-state index in [-0.39, 0.29) is 12.0 Å². The van der Waals surface area contributed by atoms with Crippen LogP contribution in [-0.2, 0) is 18.3 Å². The minimum atomic E-state index is -0.815. The van der Waals surface area contributed by atoms with Crippen LogP contribution in [0, 0.1) is 12.8 Å².